The Bertz CT molecular complexity index is 1090. The van der Waals surface area contributed by atoms with E-state index in [0.717, 1.165) is 18.9 Å². The van der Waals surface area contributed by atoms with Gasteiger partial charge in [-0.3, -0.25) is 9.18 Å². The van der Waals surface area contributed by atoms with Crippen LogP contribution in [0.25, 0.3) is 10.9 Å². The van der Waals surface area contributed by atoms with Gasteiger partial charge in [-0.15, -0.1) is 0 Å². The molecule has 166 valence electrons. The second-order valence-electron chi connectivity index (χ2n) is 8.41. The average Bonchev–Trinajstić information content (AvgIpc) is 3.49. The van der Waals surface area contributed by atoms with Gasteiger partial charge in [0.1, 0.15) is 11.4 Å². The molecular weight excluding hydrogens is 415 g/mol. The molecule has 0 bridgehead atoms. The summed E-state index contributed by atoms with van der Waals surface area (Å²) in [5.74, 6) is -2.22. The monoisotopic (exact) mass is 438 g/mol. The highest BCUT2D eigenvalue weighted by Crippen LogP contribution is 2.41. The van der Waals surface area contributed by atoms with E-state index in [-0.39, 0.29) is 23.3 Å². The molecule has 1 aliphatic carbocycles. The molecule has 2 fully saturated rings. The lowest BCUT2D eigenvalue weighted by atomic mass is 10.0. The van der Waals surface area contributed by atoms with Gasteiger partial charge >= 0.3 is 13.4 Å². The molecule has 10 heteroatoms. The highest BCUT2D eigenvalue weighted by molar-refractivity contribution is 6.38. The number of carbonyl (C=O) groups is 1. The van der Waals surface area contributed by atoms with Crippen molar-refractivity contribution in [1.82, 2.24) is 4.57 Å². The van der Waals surface area contributed by atoms with Crippen molar-refractivity contribution >= 4 is 30.0 Å². The third kappa shape index (κ3) is 3.81. The summed E-state index contributed by atoms with van der Waals surface area (Å²) < 4.78 is 59.4. The highest BCUT2D eigenvalue weighted by atomic mass is 19.2. The predicted molar refractivity (Wildman–Crippen MR) is 110 cm³/mol. The van der Waals surface area contributed by atoms with E-state index in [1.54, 1.807) is 4.57 Å². The lowest BCUT2D eigenvalue weighted by Crippen LogP contribution is -2.26. The first-order chi connectivity index (χ1) is 14.8. The molecule has 2 aromatic rings. The van der Waals surface area contributed by atoms with E-state index in [1.807, 2.05) is 18.7 Å². The van der Waals surface area contributed by atoms with Crippen LogP contribution >= 0.6 is 0 Å². The zero-order chi connectivity index (χ0) is 22.4. The lowest BCUT2D eigenvalue weighted by molar-refractivity contribution is 0.0693. The Hall–Kier alpha value is -2.52. The fraction of sp³-hybridized carbons (Fsp3) is 0.524. The van der Waals surface area contributed by atoms with E-state index in [0.29, 0.717) is 36.3 Å². The van der Waals surface area contributed by atoms with Gasteiger partial charge in [-0.1, -0.05) is 13.8 Å². The Morgan fingerprint density at radius 3 is 2.55 bits per heavy atom. The fourth-order valence-corrected chi connectivity index (χ4v) is 4.58. The average molecular weight is 438 g/mol. The Morgan fingerprint density at radius 1 is 1.29 bits per heavy atom. The summed E-state index contributed by atoms with van der Waals surface area (Å²) in [6, 6.07) is 1.05. The number of aryl methyl sites for hydroxylation is 1. The molecule has 1 saturated heterocycles. The van der Waals surface area contributed by atoms with Crippen molar-refractivity contribution in [1.29, 1.82) is 0 Å². The van der Waals surface area contributed by atoms with E-state index >= 15 is 4.39 Å². The van der Waals surface area contributed by atoms with Crippen molar-refractivity contribution in [2.24, 2.45) is 11.8 Å². The lowest BCUT2D eigenvalue weighted by Gasteiger charge is -2.25. The second-order valence-corrected chi connectivity index (χ2v) is 8.41. The number of anilines is 1. The third-order valence-corrected chi connectivity index (χ3v) is 6.33. The van der Waals surface area contributed by atoms with E-state index in [2.05, 4.69) is 4.65 Å². The molecule has 0 amide bonds. The van der Waals surface area contributed by atoms with Gasteiger partial charge in [0.2, 0.25) is 5.43 Å². The molecule has 1 aromatic carbocycles. The number of benzene rings is 1. The zero-order valence-corrected chi connectivity index (χ0v) is 17.3. The van der Waals surface area contributed by atoms with Crippen molar-refractivity contribution in [3.05, 3.63) is 39.4 Å². The van der Waals surface area contributed by atoms with Gasteiger partial charge in [-0.25, -0.2) is 17.8 Å². The number of fused-ring (bicyclic) bond motifs is 1. The molecule has 4 rings (SSSR count). The molecule has 0 radical (unpaired) electrons. The van der Waals surface area contributed by atoms with Crippen LogP contribution in [0.1, 0.15) is 48.7 Å². The molecule has 1 aromatic heterocycles. The van der Waals surface area contributed by atoms with Crippen LogP contribution in [-0.4, -0.2) is 37.8 Å². The summed E-state index contributed by atoms with van der Waals surface area (Å²) in [5, 5.41) is -0.0389. The van der Waals surface area contributed by atoms with Crippen LogP contribution in [0.15, 0.2) is 17.1 Å². The van der Waals surface area contributed by atoms with Crippen LogP contribution in [-0.2, 0) is 11.1 Å². The van der Waals surface area contributed by atoms with Crippen molar-refractivity contribution in [2.45, 2.75) is 39.2 Å². The van der Waals surface area contributed by atoms with Gasteiger partial charge in [-0.05, 0) is 31.2 Å². The summed E-state index contributed by atoms with van der Waals surface area (Å²) in [4.78, 5) is 26.9. The molecule has 1 aliphatic heterocycles. The Balaban J connectivity index is 1.94. The number of carbonyl (C=O) groups excluding carboxylic acids is 1. The zero-order valence-electron chi connectivity index (χ0n) is 17.3. The Labute approximate surface area is 177 Å². The van der Waals surface area contributed by atoms with Crippen LogP contribution in [0, 0.1) is 17.7 Å². The van der Waals surface area contributed by atoms with Gasteiger partial charge < -0.3 is 14.1 Å². The van der Waals surface area contributed by atoms with Gasteiger partial charge in [0.25, 0.3) is 0 Å². The predicted octanol–water partition coefficient (Wildman–Crippen LogP) is 4.16. The van der Waals surface area contributed by atoms with Crippen molar-refractivity contribution in [3.63, 3.8) is 0 Å². The topological polar surface area (TPSA) is 51.5 Å². The molecule has 2 heterocycles. The minimum atomic E-state index is -3.36. The number of hydrogen-bond donors (Lipinski definition) is 0. The van der Waals surface area contributed by atoms with E-state index in [4.69, 9.17) is 0 Å². The van der Waals surface area contributed by atoms with Gasteiger partial charge in [0, 0.05) is 42.2 Å². The Morgan fingerprint density at radius 2 is 2.00 bits per heavy atom. The molecule has 0 N–H and O–H groups in total. The molecule has 2 atom stereocenters. The largest absolute Gasteiger partial charge is 0.798 e. The molecule has 2 unspecified atom stereocenters. The summed E-state index contributed by atoms with van der Waals surface area (Å²) in [6.45, 7) is 4.15. The number of nitrogens with zero attached hydrogens (tertiary/aromatic N) is 2. The minimum Gasteiger partial charge on any atom is -0.474 e. The summed E-state index contributed by atoms with van der Waals surface area (Å²) in [5.41, 5.74) is 0.0562. The fourth-order valence-electron chi connectivity index (χ4n) is 4.58. The quantitative estimate of drug-likeness (QED) is 0.502. The highest BCUT2D eigenvalue weighted by Gasteiger charge is 2.35. The summed E-state index contributed by atoms with van der Waals surface area (Å²) in [6.07, 6.45) is 3.25. The molecular formula is C21H23BF4N2O3. The molecule has 5 nitrogen and oxygen atoms in total. The van der Waals surface area contributed by atoms with Crippen molar-refractivity contribution in [2.75, 3.05) is 24.7 Å². The SMILES string of the molecule is CCc1c(N2CC(C)C(CF)C2)c(F)cc2c(=O)c(C(=O)OB(F)F)cn(C3CC3)c12. The maximum absolute atomic E-state index is 15.3. The normalized spacial score (nSPS) is 21.0. The van der Waals surface area contributed by atoms with Crippen molar-refractivity contribution in [3.8, 4) is 0 Å². The smallest absolute Gasteiger partial charge is 0.474 e. The van der Waals surface area contributed by atoms with E-state index in [9.17, 15) is 22.6 Å². The second kappa shape index (κ2) is 8.20. The standard InChI is InChI=1S/C21H23BF4N2O3/c1-3-14-18-15(6-17(24)19(14)27-8-11(2)12(7-23)9-27)20(29)16(21(30)31-22(25)26)10-28(18)13-4-5-13/h6,10-13H,3-5,7-9H2,1-2H3. The number of pyridine rings is 1. The van der Waals surface area contributed by atoms with E-state index < -0.39 is 36.9 Å². The third-order valence-electron chi connectivity index (χ3n) is 6.33. The maximum atomic E-state index is 15.3. The number of alkyl halides is 1. The van der Waals surface area contributed by atoms with E-state index in [1.165, 1.54) is 6.20 Å². The van der Waals surface area contributed by atoms with Gasteiger partial charge in [0.15, 0.2) is 0 Å². The maximum Gasteiger partial charge on any atom is 0.798 e. The number of rotatable bonds is 6. The van der Waals surface area contributed by atoms with Crippen LogP contribution in [0.5, 0.6) is 0 Å². The molecule has 31 heavy (non-hydrogen) atoms. The summed E-state index contributed by atoms with van der Waals surface area (Å²) in [7, 11) is -3.36. The first-order valence-corrected chi connectivity index (χ1v) is 10.5. The summed E-state index contributed by atoms with van der Waals surface area (Å²) >= 11 is 0. The van der Waals surface area contributed by atoms with Crippen molar-refractivity contribution < 1.29 is 26.9 Å². The first-order valence-electron chi connectivity index (χ1n) is 10.5. The van der Waals surface area contributed by atoms with Gasteiger partial charge in [0.05, 0.1) is 17.9 Å². The molecule has 2 aliphatic rings. The number of aromatic nitrogens is 1. The number of hydrogen-bond acceptors (Lipinski definition) is 4. The minimum absolute atomic E-state index is 0.0131. The van der Waals surface area contributed by atoms with Crippen LogP contribution in [0.4, 0.5) is 23.1 Å². The Kier molecular flexibility index (Phi) is 5.74. The molecule has 0 spiro atoms. The molecule has 1 saturated carbocycles. The first kappa shape index (κ1) is 21.7. The van der Waals surface area contributed by atoms with Gasteiger partial charge in [-0.2, -0.15) is 0 Å². The van der Waals surface area contributed by atoms with Crippen LogP contribution in [0.3, 0.4) is 0 Å². The van der Waals surface area contributed by atoms with Crippen LogP contribution in [0.2, 0.25) is 0 Å². The van der Waals surface area contributed by atoms with Crippen LogP contribution < -0.4 is 10.3 Å². The number of halogens is 4.